The van der Waals surface area contributed by atoms with Crippen LogP contribution in [0.4, 0.5) is 0 Å². The lowest BCUT2D eigenvalue weighted by Gasteiger charge is -2.34. The monoisotopic (exact) mass is 450 g/mol. The quantitative estimate of drug-likeness (QED) is 0.491. The van der Waals surface area contributed by atoms with Gasteiger partial charge in [0.1, 0.15) is 0 Å². The summed E-state index contributed by atoms with van der Waals surface area (Å²) in [6.07, 6.45) is 10.3. The van der Waals surface area contributed by atoms with E-state index in [9.17, 15) is 4.79 Å². The van der Waals surface area contributed by atoms with Crippen LogP contribution in [0.15, 0.2) is 67.0 Å². The number of hydrogen-bond acceptors (Lipinski definition) is 5. The number of aromatic nitrogens is 2. The molecule has 2 N–H and O–H groups in total. The van der Waals surface area contributed by atoms with Gasteiger partial charge in [-0.1, -0.05) is 24.3 Å². The first-order chi connectivity index (χ1) is 16.0. The molecule has 0 saturated carbocycles. The molecule has 3 rings (SSSR count). The number of hydrogen-bond donors (Lipinski definition) is 1. The number of rotatable bonds is 8. The minimum atomic E-state index is -0.0663. The van der Waals surface area contributed by atoms with Crippen LogP contribution in [0.5, 0.6) is 0 Å². The predicted octanol–water partition coefficient (Wildman–Crippen LogP) is 3.76. The zero-order valence-electron chi connectivity index (χ0n) is 20.2. The van der Waals surface area contributed by atoms with E-state index in [4.69, 9.17) is 10.7 Å². The summed E-state index contributed by atoms with van der Waals surface area (Å²) in [5.41, 5.74) is 8.71. The number of benzene rings is 1. The Labute approximate surface area is 198 Å². The van der Waals surface area contributed by atoms with Crippen molar-refractivity contribution < 1.29 is 4.79 Å². The number of carbonyl (C=O) groups is 1. The Morgan fingerprint density at radius 3 is 2.67 bits per heavy atom. The number of likely N-dealkylation sites (N-methyl/N-ethyl adjacent to an activating group) is 1. The standard InChI is InChI=1S/C24H34N6O.C2H4/c1-4-21(22-8-5-7-20(15-22)18-28(3)24(31)16-25)17-26-19(2)29-13-9-23(10-14-29)30-12-6-11-27-30;1-2/h4-8,11-12,15,17,19,23H,9-10,13-14,16,18,25H2,1-3H3;1-2H2/b21-4+,26-17-;. The highest BCUT2D eigenvalue weighted by molar-refractivity contribution is 6.09. The van der Waals surface area contributed by atoms with Gasteiger partial charge in [-0.3, -0.25) is 19.4 Å². The van der Waals surface area contributed by atoms with Crippen molar-refractivity contribution in [2.75, 3.05) is 26.7 Å². The number of amides is 1. The molecular formula is C26H38N6O. The first-order valence-electron chi connectivity index (χ1n) is 11.5. The van der Waals surface area contributed by atoms with E-state index in [0.29, 0.717) is 12.6 Å². The van der Waals surface area contributed by atoms with Crippen LogP contribution in [0.1, 0.15) is 43.9 Å². The Morgan fingerprint density at radius 2 is 2.06 bits per heavy atom. The van der Waals surface area contributed by atoms with Crippen LogP contribution in [0.3, 0.4) is 0 Å². The maximum absolute atomic E-state index is 11.8. The lowest BCUT2D eigenvalue weighted by atomic mass is 10.0. The normalized spacial score (nSPS) is 16.3. The second-order valence-electron chi connectivity index (χ2n) is 8.06. The molecule has 1 atom stereocenters. The molecule has 2 heterocycles. The molecule has 1 unspecified atom stereocenters. The average molecular weight is 451 g/mol. The van der Waals surface area contributed by atoms with Gasteiger partial charge in [-0.25, -0.2) is 0 Å². The topological polar surface area (TPSA) is 79.8 Å². The summed E-state index contributed by atoms with van der Waals surface area (Å²) in [5.74, 6) is -0.0663. The van der Waals surface area contributed by atoms with Crippen molar-refractivity contribution in [1.82, 2.24) is 19.6 Å². The molecule has 0 radical (unpaired) electrons. The van der Waals surface area contributed by atoms with Crippen molar-refractivity contribution in [3.05, 3.63) is 73.1 Å². The van der Waals surface area contributed by atoms with Gasteiger partial charge in [0.25, 0.3) is 0 Å². The van der Waals surface area contributed by atoms with Crippen molar-refractivity contribution in [2.24, 2.45) is 10.7 Å². The fourth-order valence-corrected chi connectivity index (χ4v) is 3.99. The van der Waals surface area contributed by atoms with Crippen molar-refractivity contribution >= 4 is 17.7 Å². The van der Waals surface area contributed by atoms with Gasteiger partial charge in [-0.05, 0) is 55.5 Å². The van der Waals surface area contributed by atoms with Crippen LogP contribution in [0.2, 0.25) is 0 Å². The fourth-order valence-electron chi connectivity index (χ4n) is 3.99. The predicted molar refractivity (Wildman–Crippen MR) is 137 cm³/mol. The molecule has 7 nitrogen and oxygen atoms in total. The van der Waals surface area contributed by atoms with Crippen molar-refractivity contribution in [3.8, 4) is 0 Å². The summed E-state index contributed by atoms with van der Waals surface area (Å²) >= 11 is 0. The van der Waals surface area contributed by atoms with E-state index in [-0.39, 0.29) is 18.6 Å². The van der Waals surface area contributed by atoms with E-state index < -0.39 is 0 Å². The smallest absolute Gasteiger partial charge is 0.236 e. The van der Waals surface area contributed by atoms with E-state index >= 15 is 0 Å². The molecule has 1 aliphatic rings. The van der Waals surface area contributed by atoms with Crippen LogP contribution >= 0.6 is 0 Å². The number of nitrogens with zero attached hydrogens (tertiary/aromatic N) is 5. The summed E-state index contributed by atoms with van der Waals surface area (Å²) in [6, 6.07) is 10.7. The SMILES string of the molecule is C/C=C(\C=N/C(C)N1CCC(n2cccn2)CC1)c1cccc(CN(C)C(=O)CN)c1.C=C. The molecular weight excluding hydrogens is 412 g/mol. The number of nitrogens with two attached hydrogens (primary N) is 1. The highest BCUT2D eigenvalue weighted by Crippen LogP contribution is 2.23. The number of aliphatic imine (C=N–C) groups is 1. The first kappa shape index (κ1) is 26.2. The van der Waals surface area contributed by atoms with Crippen LogP contribution in [-0.2, 0) is 11.3 Å². The fraction of sp³-hybridized carbons (Fsp3) is 0.423. The minimum Gasteiger partial charge on any atom is -0.340 e. The Bertz CT molecular complexity index is 913. The number of carbonyl (C=O) groups excluding carboxylic acids is 1. The molecule has 0 spiro atoms. The second kappa shape index (κ2) is 13.5. The third-order valence-electron chi connectivity index (χ3n) is 5.95. The van der Waals surface area contributed by atoms with Gasteiger partial charge in [0.05, 0.1) is 18.8 Å². The lowest BCUT2D eigenvalue weighted by molar-refractivity contribution is -0.128. The van der Waals surface area contributed by atoms with Crippen molar-refractivity contribution in [3.63, 3.8) is 0 Å². The Kier molecular flexibility index (Phi) is 10.7. The van der Waals surface area contributed by atoms with Crippen molar-refractivity contribution in [1.29, 1.82) is 0 Å². The molecule has 1 aliphatic heterocycles. The van der Waals surface area contributed by atoms with Crippen LogP contribution in [0.25, 0.3) is 5.57 Å². The number of allylic oxidation sites excluding steroid dienone is 2. The molecule has 1 saturated heterocycles. The van der Waals surface area contributed by atoms with E-state index in [1.165, 1.54) is 0 Å². The molecule has 1 fully saturated rings. The second-order valence-corrected chi connectivity index (χ2v) is 8.06. The Balaban J connectivity index is 0.00000187. The Hall–Kier alpha value is -3.03. The van der Waals surface area contributed by atoms with Gasteiger partial charge >= 0.3 is 0 Å². The largest absolute Gasteiger partial charge is 0.340 e. The summed E-state index contributed by atoms with van der Waals surface area (Å²) in [6.45, 7) is 12.8. The third kappa shape index (κ3) is 7.51. The molecule has 1 aromatic heterocycles. The van der Waals surface area contributed by atoms with E-state index in [1.807, 2.05) is 37.5 Å². The van der Waals surface area contributed by atoms with Crippen molar-refractivity contribution in [2.45, 2.75) is 45.4 Å². The van der Waals surface area contributed by atoms with Gasteiger partial charge in [0, 0.05) is 45.3 Å². The zero-order valence-corrected chi connectivity index (χ0v) is 20.2. The summed E-state index contributed by atoms with van der Waals surface area (Å²) in [4.78, 5) is 20.7. The molecule has 1 amide bonds. The maximum atomic E-state index is 11.8. The molecule has 1 aromatic carbocycles. The van der Waals surface area contributed by atoms with Gasteiger partial charge in [0.2, 0.25) is 5.91 Å². The van der Waals surface area contributed by atoms with Crippen LogP contribution in [0, 0.1) is 0 Å². The van der Waals surface area contributed by atoms with Gasteiger partial charge in [-0.2, -0.15) is 5.10 Å². The Morgan fingerprint density at radius 1 is 1.33 bits per heavy atom. The van der Waals surface area contributed by atoms with Crippen LogP contribution < -0.4 is 5.73 Å². The van der Waals surface area contributed by atoms with Gasteiger partial charge in [-0.15, -0.1) is 13.2 Å². The molecule has 0 aliphatic carbocycles. The van der Waals surface area contributed by atoms with Gasteiger partial charge in [0.15, 0.2) is 0 Å². The first-order valence-corrected chi connectivity index (χ1v) is 11.5. The maximum Gasteiger partial charge on any atom is 0.236 e. The number of likely N-dealkylation sites (tertiary alicyclic amines) is 1. The van der Waals surface area contributed by atoms with Crippen LogP contribution in [-0.4, -0.2) is 64.5 Å². The highest BCUT2D eigenvalue weighted by Gasteiger charge is 2.23. The summed E-state index contributed by atoms with van der Waals surface area (Å²) in [5, 5.41) is 4.39. The lowest BCUT2D eigenvalue weighted by Crippen LogP contribution is -2.39. The minimum absolute atomic E-state index is 0.0278. The summed E-state index contributed by atoms with van der Waals surface area (Å²) < 4.78 is 2.08. The molecule has 33 heavy (non-hydrogen) atoms. The number of piperidine rings is 1. The van der Waals surface area contributed by atoms with E-state index in [1.54, 1.807) is 11.9 Å². The van der Waals surface area contributed by atoms with Gasteiger partial charge < -0.3 is 10.6 Å². The van der Waals surface area contributed by atoms with E-state index in [2.05, 4.69) is 59.2 Å². The zero-order chi connectivity index (χ0) is 24.2. The average Bonchev–Trinajstić information content (AvgIpc) is 3.40. The molecule has 0 bridgehead atoms. The van der Waals surface area contributed by atoms with E-state index in [0.717, 1.165) is 42.6 Å². The molecule has 178 valence electrons. The third-order valence-corrected chi connectivity index (χ3v) is 5.95. The molecule has 2 aromatic rings. The summed E-state index contributed by atoms with van der Waals surface area (Å²) in [7, 11) is 1.77. The highest BCUT2D eigenvalue weighted by atomic mass is 16.2. The molecule has 7 heteroatoms.